The number of rotatable bonds is 7. The van der Waals surface area contributed by atoms with Crippen LogP contribution in [0, 0.1) is 13.8 Å². The zero-order valence-corrected chi connectivity index (χ0v) is 16.6. The van der Waals surface area contributed by atoms with Crippen LogP contribution in [0.3, 0.4) is 0 Å². The van der Waals surface area contributed by atoms with Crippen LogP contribution in [0.15, 0.2) is 9.41 Å². The molecule has 8 nitrogen and oxygen atoms in total. The minimum Gasteiger partial charge on any atom is -0.444 e. The highest BCUT2D eigenvalue weighted by Crippen LogP contribution is 2.07. The van der Waals surface area contributed by atoms with Gasteiger partial charge in [0.25, 0.3) is 0 Å². The number of carbonyl (C=O) groups excluding carboxylic acids is 1. The Morgan fingerprint density at radius 1 is 1.35 bits per heavy atom. The summed E-state index contributed by atoms with van der Waals surface area (Å²) in [7, 11) is 5.02. The molecule has 0 aliphatic rings. The van der Waals surface area contributed by atoms with Crippen molar-refractivity contribution in [2.75, 3.05) is 40.9 Å². The molecular weight excluding hydrogens is 413 g/mol. The van der Waals surface area contributed by atoms with Crippen LogP contribution in [0.2, 0.25) is 0 Å². The fraction of sp³-hybridized carbons (Fsp3) is 0.643. The Morgan fingerprint density at radius 3 is 2.57 bits per heavy atom. The molecule has 1 rings (SSSR count). The maximum atomic E-state index is 11.6. The van der Waals surface area contributed by atoms with E-state index >= 15 is 0 Å². The summed E-state index contributed by atoms with van der Waals surface area (Å²) in [5.74, 6) is 1.82. The van der Waals surface area contributed by atoms with E-state index in [-0.39, 0.29) is 36.4 Å². The van der Waals surface area contributed by atoms with E-state index < -0.39 is 0 Å². The topological polar surface area (TPSA) is 92.0 Å². The first-order valence-electron chi connectivity index (χ1n) is 7.08. The summed E-state index contributed by atoms with van der Waals surface area (Å²) >= 11 is 0. The summed E-state index contributed by atoms with van der Waals surface area (Å²) in [6.45, 7) is 5.35. The predicted molar refractivity (Wildman–Crippen MR) is 99.1 cm³/mol. The van der Waals surface area contributed by atoms with Crippen LogP contribution in [0.1, 0.15) is 17.3 Å². The zero-order valence-electron chi connectivity index (χ0n) is 14.3. The van der Waals surface area contributed by atoms with Gasteiger partial charge in [0, 0.05) is 27.7 Å². The lowest BCUT2D eigenvalue weighted by Crippen LogP contribution is -2.39. The second-order valence-corrected chi connectivity index (χ2v) is 4.98. The van der Waals surface area contributed by atoms with Crippen molar-refractivity contribution in [3.8, 4) is 0 Å². The van der Waals surface area contributed by atoms with Gasteiger partial charge in [-0.15, -0.1) is 24.0 Å². The second kappa shape index (κ2) is 11.2. The SMILES string of the molecule is COCCNC(=NCC(=O)N(C)C)NCc1nc(C)c(C)o1.I. The smallest absolute Gasteiger partial charge is 0.243 e. The van der Waals surface area contributed by atoms with Crippen molar-refractivity contribution in [1.29, 1.82) is 0 Å². The molecule has 0 atom stereocenters. The molecule has 132 valence electrons. The van der Waals surface area contributed by atoms with Crippen LogP contribution >= 0.6 is 24.0 Å². The average Bonchev–Trinajstić information content (AvgIpc) is 2.79. The van der Waals surface area contributed by atoms with Crippen molar-refractivity contribution in [2.45, 2.75) is 20.4 Å². The highest BCUT2D eigenvalue weighted by atomic mass is 127. The van der Waals surface area contributed by atoms with E-state index in [1.54, 1.807) is 21.2 Å². The van der Waals surface area contributed by atoms with Crippen LogP contribution in [0.4, 0.5) is 0 Å². The minimum atomic E-state index is -0.0735. The molecule has 0 aliphatic heterocycles. The lowest BCUT2D eigenvalue weighted by Gasteiger charge is -2.12. The number of aromatic nitrogens is 1. The lowest BCUT2D eigenvalue weighted by atomic mass is 10.4. The third kappa shape index (κ3) is 8.16. The van der Waals surface area contributed by atoms with Gasteiger partial charge < -0.3 is 24.7 Å². The zero-order chi connectivity index (χ0) is 16.5. The normalized spacial score (nSPS) is 10.9. The molecule has 1 aromatic rings. The Labute approximate surface area is 154 Å². The molecule has 0 aromatic carbocycles. The van der Waals surface area contributed by atoms with Gasteiger partial charge in [0.1, 0.15) is 12.3 Å². The van der Waals surface area contributed by atoms with Gasteiger partial charge in [-0.1, -0.05) is 0 Å². The van der Waals surface area contributed by atoms with Crippen LogP contribution in [0.5, 0.6) is 0 Å². The first-order valence-corrected chi connectivity index (χ1v) is 7.08. The number of hydrogen-bond acceptors (Lipinski definition) is 5. The van der Waals surface area contributed by atoms with Gasteiger partial charge in [-0.2, -0.15) is 0 Å². The van der Waals surface area contributed by atoms with E-state index in [2.05, 4.69) is 20.6 Å². The number of carbonyl (C=O) groups is 1. The van der Waals surface area contributed by atoms with Crippen LogP contribution in [-0.4, -0.2) is 62.7 Å². The van der Waals surface area contributed by atoms with Crippen molar-refractivity contribution >= 4 is 35.8 Å². The van der Waals surface area contributed by atoms with Crippen molar-refractivity contribution < 1.29 is 13.9 Å². The van der Waals surface area contributed by atoms with E-state index in [1.807, 2.05) is 13.8 Å². The Hall–Kier alpha value is -1.36. The third-order valence-electron chi connectivity index (χ3n) is 2.95. The molecule has 0 fully saturated rings. The molecule has 0 saturated heterocycles. The Balaban J connectivity index is 0.00000484. The van der Waals surface area contributed by atoms with E-state index in [1.165, 1.54) is 4.90 Å². The van der Waals surface area contributed by atoms with E-state index in [0.717, 1.165) is 11.5 Å². The van der Waals surface area contributed by atoms with Crippen LogP contribution in [0.25, 0.3) is 0 Å². The number of aryl methyl sites for hydroxylation is 2. The molecule has 9 heteroatoms. The number of amides is 1. The van der Waals surface area contributed by atoms with Gasteiger partial charge in [-0.3, -0.25) is 4.79 Å². The maximum Gasteiger partial charge on any atom is 0.243 e. The number of likely N-dealkylation sites (N-methyl/N-ethyl adjacent to an activating group) is 1. The predicted octanol–water partition coefficient (Wildman–Crippen LogP) is 0.679. The quantitative estimate of drug-likeness (QED) is 0.281. The van der Waals surface area contributed by atoms with Gasteiger partial charge in [-0.25, -0.2) is 9.98 Å². The van der Waals surface area contributed by atoms with Crippen molar-refractivity contribution in [2.24, 2.45) is 4.99 Å². The number of guanidine groups is 1. The highest BCUT2D eigenvalue weighted by Gasteiger charge is 2.08. The Kier molecular flexibility index (Phi) is 10.6. The van der Waals surface area contributed by atoms with Gasteiger partial charge in [0.15, 0.2) is 5.96 Å². The number of aliphatic imine (C=N–C) groups is 1. The number of nitrogens with zero attached hydrogens (tertiary/aromatic N) is 3. The number of nitrogens with one attached hydrogen (secondary N) is 2. The van der Waals surface area contributed by atoms with Crippen molar-refractivity contribution in [1.82, 2.24) is 20.5 Å². The first-order chi connectivity index (χ1) is 10.4. The summed E-state index contributed by atoms with van der Waals surface area (Å²) < 4.78 is 10.5. The van der Waals surface area contributed by atoms with E-state index in [4.69, 9.17) is 9.15 Å². The minimum absolute atomic E-state index is 0. The summed E-state index contributed by atoms with van der Waals surface area (Å²) in [6, 6.07) is 0. The third-order valence-corrected chi connectivity index (χ3v) is 2.95. The largest absolute Gasteiger partial charge is 0.444 e. The second-order valence-electron chi connectivity index (χ2n) is 4.98. The summed E-state index contributed by atoms with van der Waals surface area (Å²) in [5.41, 5.74) is 0.866. The van der Waals surface area contributed by atoms with Gasteiger partial charge in [0.2, 0.25) is 11.8 Å². The van der Waals surface area contributed by atoms with Crippen LogP contribution in [-0.2, 0) is 16.1 Å². The molecule has 2 N–H and O–H groups in total. The van der Waals surface area contributed by atoms with Crippen molar-refractivity contribution in [3.63, 3.8) is 0 Å². The lowest BCUT2D eigenvalue weighted by molar-refractivity contribution is -0.127. The Bertz CT molecular complexity index is 497. The number of hydrogen-bond donors (Lipinski definition) is 2. The fourth-order valence-electron chi connectivity index (χ4n) is 1.51. The summed E-state index contributed by atoms with van der Waals surface area (Å²) in [6.07, 6.45) is 0. The summed E-state index contributed by atoms with van der Waals surface area (Å²) in [4.78, 5) is 21.6. The number of ether oxygens (including phenoxy) is 1. The molecule has 1 amide bonds. The molecule has 0 spiro atoms. The summed E-state index contributed by atoms with van der Waals surface area (Å²) in [5, 5.41) is 6.17. The monoisotopic (exact) mass is 439 g/mol. The maximum absolute atomic E-state index is 11.6. The van der Waals surface area contributed by atoms with Gasteiger partial charge in [0.05, 0.1) is 18.8 Å². The molecule has 0 saturated carbocycles. The molecule has 0 bridgehead atoms. The molecule has 0 radical (unpaired) electrons. The standard InChI is InChI=1S/C14H25N5O3.HI/c1-10-11(2)22-12(18-10)8-16-14(15-6-7-21-5)17-9-13(20)19(3)4;/h6-9H2,1-5H3,(H2,15,16,17);1H. The molecule has 0 unspecified atom stereocenters. The van der Waals surface area contributed by atoms with Crippen LogP contribution < -0.4 is 10.6 Å². The van der Waals surface area contributed by atoms with Crippen molar-refractivity contribution in [3.05, 3.63) is 17.3 Å². The van der Waals surface area contributed by atoms with E-state index in [9.17, 15) is 4.79 Å². The van der Waals surface area contributed by atoms with Gasteiger partial charge >= 0.3 is 0 Å². The number of methoxy groups -OCH3 is 1. The fourth-order valence-corrected chi connectivity index (χ4v) is 1.51. The highest BCUT2D eigenvalue weighted by molar-refractivity contribution is 14.0. The molecular formula is C14H26IN5O3. The van der Waals surface area contributed by atoms with E-state index in [0.29, 0.717) is 31.5 Å². The number of oxazole rings is 1. The average molecular weight is 439 g/mol. The first kappa shape index (κ1) is 21.6. The number of halogens is 1. The molecule has 1 heterocycles. The van der Waals surface area contributed by atoms with Gasteiger partial charge in [-0.05, 0) is 13.8 Å². The molecule has 1 aromatic heterocycles. The molecule has 23 heavy (non-hydrogen) atoms. The molecule has 0 aliphatic carbocycles. The Morgan fingerprint density at radius 2 is 2.04 bits per heavy atom.